The standard InChI is InChI=1S/C10H9IN2O/c1-6-4-7(2-3-8(6)11)9-5-10(12)14-13-9/h2-5H,12H2,1H3. The highest BCUT2D eigenvalue weighted by Gasteiger charge is 2.05. The molecule has 1 aromatic heterocycles. The number of nitrogen functional groups attached to an aromatic ring is 1. The quantitative estimate of drug-likeness (QED) is 0.824. The minimum atomic E-state index is 0.344. The molecule has 2 aromatic rings. The van der Waals surface area contributed by atoms with Crippen LogP contribution in [0.4, 0.5) is 5.88 Å². The van der Waals surface area contributed by atoms with E-state index in [9.17, 15) is 0 Å². The lowest BCUT2D eigenvalue weighted by molar-refractivity contribution is 0.439. The molecule has 0 aliphatic rings. The van der Waals surface area contributed by atoms with Crippen LogP contribution in [-0.2, 0) is 0 Å². The molecule has 4 heteroatoms. The summed E-state index contributed by atoms with van der Waals surface area (Å²) in [6, 6.07) is 7.85. The molecule has 3 nitrogen and oxygen atoms in total. The van der Waals surface area contributed by atoms with Crippen LogP contribution in [0.15, 0.2) is 28.8 Å². The van der Waals surface area contributed by atoms with E-state index >= 15 is 0 Å². The summed E-state index contributed by atoms with van der Waals surface area (Å²) in [5.41, 5.74) is 8.49. The molecule has 0 fully saturated rings. The second-order valence-electron chi connectivity index (χ2n) is 3.08. The van der Waals surface area contributed by atoms with Crippen LogP contribution in [0.2, 0.25) is 0 Å². The van der Waals surface area contributed by atoms with Crippen molar-refractivity contribution in [1.82, 2.24) is 5.16 Å². The second-order valence-corrected chi connectivity index (χ2v) is 4.24. The van der Waals surface area contributed by atoms with E-state index < -0.39 is 0 Å². The summed E-state index contributed by atoms with van der Waals surface area (Å²) in [5.74, 6) is 0.344. The van der Waals surface area contributed by atoms with Gasteiger partial charge in [0.05, 0.1) is 0 Å². The first-order chi connectivity index (χ1) is 6.66. The molecule has 0 radical (unpaired) electrons. The molecule has 72 valence electrons. The normalized spacial score (nSPS) is 10.4. The largest absolute Gasteiger partial charge is 0.368 e. The highest BCUT2D eigenvalue weighted by molar-refractivity contribution is 14.1. The van der Waals surface area contributed by atoms with Crippen LogP contribution in [0.1, 0.15) is 5.56 Å². The van der Waals surface area contributed by atoms with Crippen molar-refractivity contribution in [2.45, 2.75) is 6.92 Å². The van der Waals surface area contributed by atoms with Gasteiger partial charge < -0.3 is 10.3 Å². The zero-order valence-corrected chi connectivity index (χ0v) is 9.78. The van der Waals surface area contributed by atoms with Crippen molar-refractivity contribution in [2.24, 2.45) is 0 Å². The van der Waals surface area contributed by atoms with Gasteiger partial charge in [-0.05, 0) is 47.2 Å². The van der Waals surface area contributed by atoms with Crippen molar-refractivity contribution in [3.05, 3.63) is 33.4 Å². The molecule has 0 bridgehead atoms. The van der Waals surface area contributed by atoms with Gasteiger partial charge in [-0.15, -0.1) is 0 Å². The van der Waals surface area contributed by atoms with Gasteiger partial charge in [-0.25, -0.2) is 0 Å². The predicted octanol–water partition coefficient (Wildman–Crippen LogP) is 2.84. The molecule has 0 unspecified atom stereocenters. The zero-order chi connectivity index (χ0) is 10.1. The highest BCUT2D eigenvalue weighted by atomic mass is 127. The van der Waals surface area contributed by atoms with Crippen molar-refractivity contribution in [2.75, 3.05) is 5.73 Å². The summed E-state index contributed by atoms with van der Waals surface area (Å²) >= 11 is 2.30. The highest BCUT2D eigenvalue weighted by Crippen LogP contribution is 2.23. The number of halogens is 1. The number of hydrogen-bond donors (Lipinski definition) is 1. The van der Waals surface area contributed by atoms with E-state index in [0.717, 1.165) is 11.3 Å². The maximum absolute atomic E-state index is 5.45. The molecule has 0 aliphatic carbocycles. The Bertz CT molecular complexity index is 465. The number of aromatic nitrogens is 1. The van der Waals surface area contributed by atoms with E-state index in [1.807, 2.05) is 6.07 Å². The minimum Gasteiger partial charge on any atom is -0.368 e. The van der Waals surface area contributed by atoms with Crippen LogP contribution in [0, 0.1) is 10.5 Å². The molecule has 0 atom stereocenters. The molecule has 1 aromatic carbocycles. The van der Waals surface area contributed by atoms with Gasteiger partial charge in [-0.1, -0.05) is 11.2 Å². The molecule has 2 N–H and O–H groups in total. The maximum atomic E-state index is 5.45. The van der Waals surface area contributed by atoms with E-state index in [1.54, 1.807) is 6.07 Å². The fourth-order valence-corrected chi connectivity index (χ4v) is 1.56. The average Bonchev–Trinajstić information content (AvgIpc) is 2.57. The summed E-state index contributed by atoms with van der Waals surface area (Å²) in [5, 5.41) is 3.85. The first kappa shape index (κ1) is 9.51. The van der Waals surface area contributed by atoms with E-state index in [2.05, 4.69) is 46.8 Å². The van der Waals surface area contributed by atoms with Gasteiger partial charge in [0.15, 0.2) is 0 Å². The van der Waals surface area contributed by atoms with Crippen LogP contribution in [0.5, 0.6) is 0 Å². The first-order valence-corrected chi connectivity index (χ1v) is 5.23. The van der Waals surface area contributed by atoms with Crippen LogP contribution >= 0.6 is 22.6 Å². The minimum absolute atomic E-state index is 0.344. The van der Waals surface area contributed by atoms with Crippen molar-refractivity contribution < 1.29 is 4.52 Å². The van der Waals surface area contributed by atoms with Crippen molar-refractivity contribution >= 4 is 28.5 Å². The lowest BCUT2D eigenvalue weighted by atomic mass is 10.1. The fourth-order valence-electron chi connectivity index (χ4n) is 1.23. The topological polar surface area (TPSA) is 52.0 Å². The van der Waals surface area contributed by atoms with E-state index in [-0.39, 0.29) is 0 Å². The lowest BCUT2D eigenvalue weighted by Crippen LogP contribution is -1.82. The van der Waals surface area contributed by atoms with Gasteiger partial charge in [0.25, 0.3) is 0 Å². The summed E-state index contributed by atoms with van der Waals surface area (Å²) in [4.78, 5) is 0. The average molecular weight is 300 g/mol. The van der Waals surface area contributed by atoms with E-state index in [4.69, 9.17) is 10.3 Å². The van der Waals surface area contributed by atoms with Gasteiger partial charge in [-0.2, -0.15) is 0 Å². The third-order valence-corrected chi connectivity index (χ3v) is 3.19. The van der Waals surface area contributed by atoms with E-state index in [0.29, 0.717) is 5.88 Å². The number of aryl methyl sites for hydroxylation is 1. The van der Waals surface area contributed by atoms with Gasteiger partial charge >= 0.3 is 0 Å². The van der Waals surface area contributed by atoms with Gasteiger partial charge in [0, 0.05) is 15.2 Å². The fraction of sp³-hybridized carbons (Fsp3) is 0.100. The Labute approximate surface area is 95.4 Å². The summed E-state index contributed by atoms with van der Waals surface area (Å²) in [7, 11) is 0. The molecule has 0 amide bonds. The van der Waals surface area contributed by atoms with Crippen LogP contribution in [-0.4, -0.2) is 5.16 Å². The third-order valence-electron chi connectivity index (χ3n) is 1.98. The Morgan fingerprint density at radius 1 is 1.36 bits per heavy atom. The Morgan fingerprint density at radius 2 is 2.14 bits per heavy atom. The monoisotopic (exact) mass is 300 g/mol. The Morgan fingerprint density at radius 3 is 2.71 bits per heavy atom. The summed E-state index contributed by atoms with van der Waals surface area (Å²) < 4.78 is 6.05. The smallest absolute Gasteiger partial charge is 0.222 e. The maximum Gasteiger partial charge on any atom is 0.222 e. The molecule has 0 spiro atoms. The number of benzene rings is 1. The molecule has 0 saturated heterocycles. The van der Waals surface area contributed by atoms with Gasteiger partial charge in [0.1, 0.15) is 5.69 Å². The SMILES string of the molecule is Cc1cc(-c2cc(N)on2)ccc1I. The number of rotatable bonds is 1. The summed E-state index contributed by atoms with van der Waals surface area (Å²) in [6.07, 6.45) is 0. The molecular weight excluding hydrogens is 291 g/mol. The third kappa shape index (κ3) is 1.75. The number of hydrogen-bond acceptors (Lipinski definition) is 3. The molecule has 0 saturated carbocycles. The molecule has 0 aliphatic heterocycles. The zero-order valence-electron chi connectivity index (χ0n) is 7.62. The molecule has 2 rings (SSSR count). The van der Waals surface area contributed by atoms with Crippen LogP contribution in [0.25, 0.3) is 11.3 Å². The number of anilines is 1. The Kier molecular flexibility index (Phi) is 2.45. The molecule has 1 heterocycles. The van der Waals surface area contributed by atoms with Crippen LogP contribution in [0.3, 0.4) is 0 Å². The van der Waals surface area contributed by atoms with Gasteiger partial charge in [0.2, 0.25) is 5.88 Å². The first-order valence-electron chi connectivity index (χ1n) is 4.15. The van der Waals surface area contributed by atoms with Gasteiger partial charge in [-0.3, -0.25) is 0 Å². The van der Waals surface area contributed by atoms with E-state index in [1.165, 1.54) is 9.13 Å². The molecule has 14 heavy (non-hydrogen) atoms. The predicted molar refractivity (Wildman–Crippen MR) is 63.8 cm³/mol. The summed E-state index contributed by atoms with van der Waals surface area (Å²) in [6.45, 7) is 2.06. The van der Waals surface area contributed by atoms with Crippen molar-refractivity contribution in [3.63, 3.8) is 0 Å². The van der Waals surface area contributed by atoms with Crippen molar-refractivity contribution in [3.8, 4) is 11.3 Å². The van der Waals surface area contributed by atoms with Crippen molar-refractivity contribution in [1.29, 1.82) is 0 Å². The lowest BCUT2D eigenvalue weighted by Gasteiger charge is -1.99. The number of nitrogens with two attached hydrogens (primary N) is 1. The second kappa shape index (κ2) is 3.61. The molecular formula is C10H9IN2O. The number of nitrogens with zero attached hydrogens (tertiary/aromatic N) is 1. The van der Waals surface area contributed by atoms with Crippen LogP contribution < -0.4 is 5.73 Å². The Balaban J connectivity index is 2.47. The Hall–Kier alpha value is -1.04.